The largest absolute Gasteiger partial charge is 0.490 e. The highest BCUT2D eigenvalue weighted by Gasteiger charge is 2.38. The second-order valence-corrected chi connectivity index (χ2v) is 10.9. The van der Waals surface area contributed by atoms with Crippen LogP contribution < -0.4 is 16.8 Å². The van der Waals surface area contributed by atoms with Crippen molar-refractivity contribution in [1.29, 1.82) is 0 Å². The van der Waals surface area contributed by atoms with E-state index in [0.29, 0.717) is 48.5 Å². The summed E-state index contributed by atoms with van der Waals surface area (Å²) in [7, 11) is 0. The summed E-state index contributed by atoms with van der Waals surface area (Å²) < 4.78 is 72.9. The van der Waals surface area contributed by atoms with E-state index in [1.54, 1.807) is 0 Å². The van der Waals surface area contributed by atoms with E-state index in [1.807, 2.05) is 18.2 Å². The Hall–Kier alpha value is -2.81. The highest BCUT2D eigenvalue weighted by Crippen LogP contribution is 2.46. The number of alkyl halides is 6. The van der Waals surface area contributed by atoms with E-state index < -0.39 is 23.9 Å². The number of hydrogen-bond donors (Lipinski definition) is 4. The molecule has 0 unspecified atom stereocenters. The maximum atomic E-state index is 13.7. The zero-order chi connectivity index (χ0) is 30.4. The van der Waals surface area contributed by atoms with Crippen molar-refractivity contribution in [3.8, 4) is 0 Å². The lowest BCUT2D eigenvalue weighted by Crippen LogP contribution is -2.41. The first-order valence-electron chi connectivity index (χ1n) is 13.0. The van der Waals surface area contributed by atoms with Gasteiger partial charge in [0.05, 0.1) is 5.56 Å². The predicted molar refractivity (Wildman–Crippen MR) is 143 cm³/mol. The average molecular weight is 607 g/mol. The van der Waals surface area contributed by atoms with Gasteiger partial charge in [0, 0.05) is 66.1 Å². The number of carbonyl (C=O) groups is 2. The molecule has 0 aliphatic carbocycles. The molecule has 41 heavy (non-hydrogen) atoms. The fourth-order valence-electron chi connectivity index (χ4n) is 4.60. The number of hydrogen-bond acceptors (Lipinski definition) is 7. The Labute approximate surface area is 237 Å². The molecule has 2 aliphatic rings. The zero-order valence-electron chi connectivity index (χ0n) is 22.1. The fourth-order valence-corrected chi connectivity index (χ4v) is 5.78. The molecule has 0 bridgehead atoms. The first kappa shape index (κ1) is 32.7. The first-order chi connectivity index (χ1) is 19.2. The third kappa shape index (κ3) is 9.09. The van der Waals surface area contributed by atoms with Gasteiger partial charge in [0.1, 0.15) is 0 Å². The second-order valence-electron chi connectivity index (χ2n) is 9.77. The number of carbonyl (C=O) groups excluding carboxylic acids is 1. The van der Waals surface area contributed by atoms with E-state index in [1.165, 1.54) is 23.9 Å². The van der Waals surface area contributed by atoms with Crippen LogP contribution in [0.25, 0.3) is 0 Å². The highest BCUT2D eigenvalue weighted by molar-refractivity contribution is 7.99. The summed E-state index contributed by atoms with van der Waals surface area (Å²) in [6.45, 7) is 3.66. The molecule has 2 heterocycles. The Kier molecular flexibility index (Phi) is 11.1. The summed E-state index contributed by atoms with van der Waals surface area (Å²) in [5.41, 5.74) is 13.6. The number of halogens is 6. The van der Waals surface area contributed by atoms with Gasteiger partial charge in [-0.25, -0.2) is 4.79 Å². The van der Waals surface area contributed by atoms with Crippen LogP contribution in [0.4, 0.5) is 32.0 Å². The maximum Gasteiger partial charge on any atom is 0.490 e. The summed E-state index contributed by atoms with van der Waals surface area (Å²) in [6, 6.07) is 8.15. The molecule has 2 aromatic rings. The Morgan fingerprint density at radius 2 is 1.66 bits per heavy atom. The maximum absolute atomic E-state index is 13.7. The third-order valence-corrected chi connectivity index (χ3v) is 7.94. The summed E-state index contributed by atoms with van der Waals surface area (Å²) in [6.07, 6.45) is -6.28. The minimum absolute atomic E-state index is 0.00650. The Balaban J connectivity index is 0.000000587. The van der Waals surface area contributed by atoms with Crippen molar-refractivity contribution in [2.24, 2.45) is 11.5 Å². The molecule has 226 valence electrons. The number of anilines is 1. The van der Waals surface area contributed by atoms with Crippen molar-refractivity contribution in [3.05, 3.63) is 52.6 Å². The van der Waals surface area contributed by atoms with Crippen LogP contribution in [0.15, 0.2) is 40.1 Å². The lowest BCUT2D eigenvalue weighted by atomic mass is 9.96. The van der Waals surface area contributed by atoms with Gasteiger partial charge in [0.2, 0.25) is 0 Å². The summed E-state index contributed by atoms with van der Waals surface area (Å²) in [5, 5.41) is 10.6. The Bertz CT molecular complexity index is 1230. The van der Waals surface area contributed by atoms with Crippen LogP contribution >= 0.6 is 11.8 Å². The number of Topliss-reactive ketones (excluding diaryl/α,β-unsaturated/α-hetero) is 1. The standard InChI is InChI=1S/C25H31F3N4OS.C2HF3O2/c26-25(27,28)18-14-21(31-19-5-9-32(10-6-19)11-8-30)20-12-17-4-3-16(22(33)2-1-7-29)13-23(17)34-24(20)15-18;3-2(4,5)1(6)7/h3-4,13-15,19,31H,1-2,5-12,29-30H2;(H,6,7). The van der Waals surface area contributed by atoms with Gasteiger partial charge in [-0.1, -0.05) is 23.9 Å². The average Bonchev–Trinajstić information content (AvgIpc) is 2.90. The van der Waals surface area contributed by atoms with Crippen molar-refractivity contribution < 1.29 is 41.0 Å². The zero-order valence-corrected chi connectivity index (χ0v) is 22.9. The number of nitrogens with zero attached hydrogens (tertiary/aromatic N) is 1. The van der Waals surface area contributed by atoms with Crippen molar-refractivity contribution in [3.63, 3.8) is 0 Å². The van der Waals surface area contributed by atoms with Crippen LogP contribution in [0, 0.1) is 0 Å². The summed E-state index contributed by atoms with van der Waals surface area (Å²) in [4.78, 5) is 25.0. The number of ketones is 1. The number of carboxylic acid groups (broad SMARTS) is 1. The van der Waals surface area contributed by atoms with Crippen LogP contribution in [0.1, 0.15) is 52.7 Å². The number of rotatable bonds is 8. The molecule has 1 saturated heterocycles. The number of fused-ring (bicyclic) bond motifs is 2. The lowest BCUT2D eigenvalue weighted by Gasteiger charge is -2.34. The molecule has 0 aromatic heterocycles. The molecule has 0 radical (unpaired) electrons. The van der Waals surface area contributed by atoms with Gasteiger partial charge in [-0.3, -0.25) is 4.79 Å². The van der Waals surface area contributed by atoms with E-state index in [2.05, 4.69) is 10.2 Å². The van der Waals surface area contributed by atoms with E-state index in [-0.39, 0.29) is 11.8 Å². The second kappa shape index (κ2) is 13.9. The number of nitrogens with two attached hydrogens (primary N) is 2. The molecular formula is C27H32F6N4O3S. The number of aliphatic carboxylic acids is 1. The van der Waals surface area contributed by atoms with E-state index in [0.717, 1.165) is 48.5 Å². The number of piperidine rings is 1. The van der Waals surface area contributed by atoms with Gasteiger partial charge in [-0.05, 0) is 55.1 Å². The van der Waals surface area contributed by atoms with Crippen molar-refractivity contribution in [1.82, 2.24) is 4.90 Å². The monoisotopic (exact) mass is 606 g/mol. The normalized spacial score (nSPS) is 15.8. The molecule has 2 aromatic carbocycles. The minimum atomic E-state index is -5.08. The van der Waals surface area contributed by atoms with Crippen molar-refractivity contribution in [2.75, 3.05) is 38.0 Å². The number of carboxylic acids is 1. The molecular weight excluding hydrogens is 574 g/mol. The Morgan fingerprint density at radius 3 is 2.22 bits per heavy atom. The van der Waals surface area contributed by atoms with E-state index in [4.69, 9.17) is 21.4 Å². The molecule has 0 amide bonds. The number of nitrogens with one attached hydrogen (secondary N) is 1. The van der Waals surface area contributed by atoms with Crippen LogP contribution in [0.5, 0.6) is 0 Å². The smallest absolute Gasteiger partial charge is 0.475 e. The van der Waals surface area contributed by atoms with Crippen molar-refractivity contribution >= 4 is 29.2 Å². The summed E-state index contributed by atoms with van der Waals surface area (Å²) in [5.74, 6) is -2.75. The van der Waals surface area contributed by atoms with Crippen LogP contribution in [0.3, 0.4) is 0 Å². The predicted octanol–water partition coefficient (Wildman–Crippen LogP) is 5.15. The van der Waals surface area contributed by atoms with E-state index >= 15 is 0 Å². The molecule has 0 atom stereocenters. The fraction of sp³-hybridized carbons (Fsp3) is 0.481. The Morgan fingerprint density at radius 1 is 1.00 bits per heavy atom. The molecule has 1 fully saturated rings. The van der Waals surface area contributed by atoms with Gasteiger partial charge >= 0.3 is 18.3 Å². The molecule has 0 saturated carbocycles. The van der Waals surface area contributed by atoms with Crippen LogP contribution in [0.2, 0.25) is 0 Å². The van der Waals surface area contributed by atoms with Crippen LogP contribution in [-0.2, 0) is 17.4 Å². The quantitative estimate of drug-likeness (QED) is 0.205. The molecule has 7 nitrogen and oxygen atoms in total. The molecule has 4 rings (SSSR count). The van der Waals surface area contributed by atoms with Crippen LogP contribution in [-0.4, -0.2) is 66.7 Å². The van der Waals surface area contributed by atoms with Gasteiger partial charge in [0.25, 0.3) is 0 Å². The van der Waals surface area contributed by atoms with Gasteiger partial charge in [-0.15, -0.1) is 0 Å². The highest BCUT2D eigenvalue weighted by atomic mass is 32.2. The van der Waals surface area contributed by atoms with Crippen molar-refractivity contribution in [2.45, 2.75) is 60.3 Å². The van der Waals surface area contributed by atoms with Gasteiger partial charge in [0.15, 0.2) is 5.78 Å². The topological polar surface area (TPSA) is 122 Å². The molecule has 0 spiro atoms. The van der Waals surface area contributed by atoms with E-state index in [9.17, 15) is 31.1 Å². The molecule has 2 aliphatic heterocycles. The SMILES string of the molecule is NCCCC(=O)c1ccc2c(c1)Sc1cc(C(F)(F)F)cc(NC3CCN(CCN)CC3)c1C2.O=C(O)C(F)(F)F. The lowest BCUT2D eigenvalue weighted by molar-refractivity contribution is -0.192. The molecule has 14 heteroatoms. The number of likely N-dealkylation sites (tertiary alicyclic amines) is 1. The third-order valence-electron chi connectivity index (χ3n) is 6.76. The molecule has 6 N–H and O–H groups in total. The van der Waals surface area contributed by atoms with Gasteiger partial charge in [-0.2, -0.15) is 26.3 Å². The minimum Gasteiger partial charge on any atom is -0.475 e. The van der Waals surface area contributed by atoms with Gasteiger partial charge < -0.3 is 26.8 Å². The number of benzene rings is 2. The first-order valence-corrected chi connectivity index (χ1v) is 13.8. The summed E-state index contributed by atoms with van der Waals surface area (Å²) >= 11 is 1.31.